The second-order valence-electron chi connectivity index (χ2n) is 4.97. The molecule has 0 aliphatic carbocycles. The monoisotopic (exact) mass is 468 g/mol. The van der Waals surface area contributed by atoms with Crippen molar-refractivity contribution in [3.05, 3.63) is 75.2 Å². The Balaban J connectivity index is 2.43. The Morgan fingerprint density at radius 3 is 2.62 bits per heavy atom. The number of hydrogen-bond donors (Lipinski definition) is 0. The summed E-state index contributed by atoms with van der Waals surface area (Å²) in [5, 5.41) is 8.99. The molecule has 4 nitrogen and oxygen atoms in total. The van der Waals surface area contributed by atoms with Gasteiger partial charge in [0.1, 0.15) is 0 Å². The Kier molecular flexibility index (Phi) is 6.35. The Morgan fingerprint density at radius 2 is 1.96 bits per heavy atom. The van der Waals surface area contributed by atoms with E-state index in [9.17, 15) is 8.42 Å². The van der Waals surface area contributed by atoms with E-state index in [0.717, 1.165) is 5.56 Å². The third-order valence-electron chi connectivity index (χ3n) is 3.26. The van der Waals surface area contributed by atoms with Gasteiger partial charge in [0.25, 0.3) is 0 Å². The van der Waals surface area contributed by atoms with Crippen molar-refractivity contribution in [1.82, 2.24) is 4.31 Å². The lowest BCUT2D eigenvalue weighted by atomic mass is 10.1. The van der Waals surface area contributed by atoms with Crippen molar-refractivity contribution < 1.29 is 8.42 Å². The molecule has 0 heterocycles. The minimum atomic E-state index is -3.73. The highest BCUT2D eigenvalue weighted by Gasteiger charge is 2.26. The molecule has 0 aliphatic heterocycles. The molecule has 0 saturated heterocycles. The molecule has 24 heavy (non-hydrogen) atoms. The Morgan fingerprint density at radius 1 is 1.21 bits per heavy atom. The molecule has 0 spiro atoms. The van der Waals surface area contributed by atoms with Crippen LogP contribution in [0.4, 0.5) is 0 Å². The average Bonchev–Trinajstić information content (AvgIpc) is 2.56. The SMILES string of the molecule is C=CCN(Cc1cccc(C#N)c1)S(=O)(=O)c1cc(Br)ccc1Br. The Hall–Kier alpha value is -1.46. The third-order valence-corrected chi connectivity index (χ3v) is 6.56. The molecule has 0 amide bonds. The topological polar surface area (TPSA) is 61.2 Å². The summed E-state index contributed by atoms with van der Waals surface area (Å²) < 4.78 is 28.5. The molecular weight excluding hydrogens is 456 g/mol. The maximum absolute atomic E-state index is 13.0. The van der Waals surface area contributed by atoms with E-state index in [0.29, 0.717) is 14.5 Å². The molecule has 124 valence electrons. The number of sulfonamides is 1. The molecular formula is C17H14Br2N2O2S. The van der Waals surface area contributed by atoms with Gasteiger partial charge >= 0.3 is 0 Å². The van der Waals surface area contributed by atoms with Gasteiger partial charge in [-0.15, -0.1) is 6.58 Å². The van der Waals surface area contributed by atoms with Crippen molar-refractivity contribution in [3.63, 3.8) is 0 Å². The first kappa shape index (κ1) is 18.9. The largest absolute Gasteiger partial charge is 0.244 e. The molecule has 0 unspecified atom stereocenters. The van der Waals surface area contributed by atoms with Crippen LogP contribution in [0, 0.1) is 11.3 Å². The second kappa shape index (κ2) is 8.08. The van der Waals surface area contributed by atoms with Crippen molar-refractivity contribution in [2.24, 2.45) is 0 Å². The van der Waals surface area contributed by atoms with Crippen LogP contribution in [0.5, 0.6) is 0 Å². The summed E-state index contributed by atoms with van der Waals surface area (Å²) in [6, 6.07) is 14.0. The van der Waals surface area contributed by atoms with Crippen LogP contribution in [0.3, 0.4) is 0 Å². The number of halogens is 2. The quantitative estimate of drug-likeness (QED) is 0.586. The van der Waals surface area contributed by atoms with E-state index in [1.165, 1.54) is 10.4 Å². The predicted octanol–water partition coefficient (Wildman–Crippen LogP) is 4.46. The third kappa shape index (κ3) is 4.33. The average molecular weight is 470 g/mol. The zero-order chi connectivity index (χ0) is 17.7. The van der Waals surface area contributed by atoms with Crippen molar-refractivity contribution in [3.8, 4) is 6.07 Å². The predicted molar refractivity (Wildman–Crippen MR) is 101 cm³/mol. The summed E-state index contributed by atoms with van der Waals surface area (Å²) in [6.07, 6.45) is 1.54. The minimum Gasteiger partial charge on any atom is -0.207 e. The van der Waals surface area contributed by atoms with Crippen LogP contribution in [0.15, 0.2) is 69.0 Å². The smallest absolute Gasteiger partial charge is 0.207 e. The second-order valence-corrected chi connectivity index (χ2v) is 8.65. The van der Waals surface area contributed by atoms with E-state index >= 15 is 0 Å². The number of nitriles is 1. The fraction of sp³-hybridized carbons (Fsp3) is 0.118. The summed E-state index contributed by atoms with van der Waals surface area (Å²) in [5.74, 6) is 0. The highest BCUT2D eigenvalue weighted by atomic mass is 79.9. The summed E-state index contributed by atoms with van der Waals surface area (Å²) >= 11 is 6.60. The van der Waals surface area contributed by atoms with Crippen LogP contribution >= 0.6 is 31.9 Å². The van der Waals surface area contributed by atoms with Gasteiger partial charge in [0, 0.05) is 22.0 Å². The number of benzene rings is 2. The highest BCUT2D eigenvalue weighted by molar-refractivity contribution is 9.11. The molecule has 2 aromatic carbocycles. The number of hydrogen-bond acceptors (Lipinski definition) is 3. The van der Waals surface area contributed by atoms with Crippen LogP contribution in [0.1, 0.15) is 11.1 Å². The molecule has 0 N–H and O–H groups in total. The lowest BCUT2D eigenvalue weighted by molar-refractivity contribution is 0.438. The molecule has 0 saturated carbocycles. The summed E-state index contributed by atoms with van der Waals surface area (Å²) in [6.45, 7) is 3.96. The van der Waals surface area contributed by atoms with Gasteiger partial charge < -0.3 is 0 Å². The van der Waals surface area contributed by atoms with Gasteiger partial charge in [0.15, 0.2) is 0 Å². The van der Waals surface area contributed by atoms with Crippen molar-refractivity contribution in [1.29, 1.82) is 5.26 Å². The van der Waals surface area contributed by atoms with Crippen molar-refractivity contribution >= 4 is 41.9 Å². The first-order valence-electron chi connectivity index (χ1n) is 6.93. The molecule has 0 atom stereocenters. The highest BCUT2D eigenvalue weighted by Crippen LogP contribution is 2.29. The van der Waals surface area contributed by atoms with Gasteiger partial charge in [-0.1, -0.05) is 34.1 Å². The molecule has 7 heteroatoms. The fourth-order valence-corrected chi connectivity index (χ4v) is 5.01. The first-order chi connectivity index (χ1) is 11.4. The molecule has 0 radical (unpaired) electrons. The fourth-order valence-electron chi connectivity index (χ4n) is 2.15. The first-order valence-corrected chi connectivity index (χ1v) is 9.96. The van der Waals surface area contributed by atoms with Crippen molar-refractivity contribution in [2.75, 3.05) is 6.54 Å². The van der Waals surface area contributed by atoms with Crippen LogP contribution in [-0.2, 0) is 16.6 Å². The normalized spacial score (nSPS) is 11.2. The molecule has 0 aromatic heterocycles. The van der Waals surface area contributed by atoms with Gasteiger partial charge in [-0.05, 0) is 51.8 Å². The van der Waals surface area contributed by atoms with E-state index in [4.69, 9.17) is 5.26 Å². The summed E-state index contributed by atoms with van der Waals surface area (Å²) in [5.41, 5.74) is 1.23. The Labute approximate surface area is 158 Å². The molecule has 2 rings (SSSR count). The van der Waals surface area contributed by atoms with Gasteiger partial charge in [-0.3, -0.25) is 0 Å². The lowest BCUT2D eigenvalue weighted by Gasteiger charge is -2.22. The van der Waals surface area contributed by atoms with E-state index in [1.54, 1.807) is 42.5 Å². The standard InChI is InChI=1S/C17H14Br2N2O2S/c1-2-8-21(12-14-5-3-4-13(9-14)11-20)24(22,23)17-10-15(18)6-7-16(17)19/h2-7,9-10H,1,8,12H2. The van der Waals surface area contributed by atoms with Crippen LogP contribution in [0.2, 0.25) is 0 Å². The maximum atomic E-state index is 13.0. The molecule has 0 aliphatic rings. The lowest BCUT2D eigenvalue weighted by Crippen LogP contribution is -2.31. The molecule has 2 aromatic rings. The van der Waals surface area contributed by atoms with Gasteiger partial charge in [0.05, 0.1) is 16.5 Å². The molecule has 0 fully saturated rings. The molecule has 0 bridgehead atoms. The zero-order valence-electron chi connectivity index (χ0n) is 12.6. The Bertz CT molecular complexity index is 905. The maximum Gasteiger partial charge on any atom is 0.244 e. The van der Waals surface area contributed by atoms with Crippen LogP contribution < -0.4 is 0 Å². The number of nitrogens with zero attached hydrogens (tertiary/aromatic N) is 2. The number of rotatable bonds is 6. The van der Waals surface area contributed by atoms with E-state index in [-0.39, 0.29) is 18.0 Å². The summed E-state index contributed by atoms with van der Waals surface area (Å²) in [7, 11) is -3.73. The minimum absolute atomic E-state index is 0.156. The summed E-state index contributed by atoms with van der Waals surface area (Å²) in [4.78, 5) is 0.176. The van der Waals surface area contributed by atoms with E-state index in [1.807, 2.05) is 0 Å². The van der Waals surface area contributed by atoms with E-state index < -0.39 is 10.0 Å². The zero-order valence-corrected chi connectivity index (χ0v) is 16.6. The van der Waals surface area contributed by atoms with Gasteiger partial charge in [-0.25, -0.2) is 8.42 Å². The van der Waals surface area contributed by atoms with E-state index in [2.05, 4.69) is 44.5 Å². The van der Waals surface area contributed by atoms with Gasteiger partial charge in [-0.2, -0.15) is 9.57 Å². The van der Waals surface area contributed by atoms with Crippen molar-refractivity contribution in [2.45, 2.75) is 11.4 Å². The van der Waals surface area contributed by atoms with Crippen LogP contribution in [-0.4, -0.2) is 19.3 Å². The van der Waals surface area contributed by atoms with Gasteiger partial charge in [0.2, 0.25) is 10.0 Å². The van der Waals surface area contributed by atoms with Crippen LogP contribution in [0.25, 0.3) is 0 Å².